The molecule has 0 heterocycles. The van der Waals surface area contributed by atoms with Crippen LogP contribution in [0.2, 0.25) is 0 Å². The van der Waals surface area contributed by atoms with E-state index in [1.165, 1.54) is 6.07 Å². The fourth-order valence-electron chi connectivity index (χ4n) is 1.93. The maximum atomic E-state index is 14.0. The summed E-state index contributed by atoms with van der Waals surface area (Å²) in [4.78, 5) is 1.83. The van der Waals surface area contributed by atoms with Crippen LogP contribution in [0.3, 0.4) is 0 Å². The Balaban J connectivity index is 2.20. The molecule has 0 bridgehead atoms. The molecule has 98 valence electrons. The zero-order valence-electron chi connectivity index (χ0n) is 10.7. The van der Waals surface area contributed by atoms with Gasteiger partial charge in [0.25, 0.3) is 0 Å². The number of rotatable bonds is 4. The number of nitrogens with zero attached hydrogens (tertiary/aromatic N) is 1. The van der Waals surface area contributed by atoms with Crippen LogP contribution in [0.25, 0.3) is 0 Å². The quantitative estimate of drug-likeness (QED) is 0.653. The van der Waals surface area contributed by atoms with Gasteiger partial charge in [0.2, 0.25) is 0 Å². The fraction of sp³-hybridized carbons (Fsp3) is 0.133. The highest BCUT2D eigenvalue weighted by atomic mass is 19.1. The summed E-state index contributed by atoms with van der Waals surface area (Å²) < 4.78 is 14.0. The molecule has 0 saturated heterocycles. The van der Waals surface area contributed by atoms with Crippen molar-refractivity contribution in [3.05, 3.63) is 65.5 Å². The van der Waals surface area contributed by atoms with Crippen molar-refractivity contribution in [3.63, 3.8) is 0 Å². The molecule has 2 rings (SSSR count). The molecule has 0 aliphatic rings. The minimum Gasteiger partial charge on any atom is -0.384 e. The Morgan fingerprint density at radius 3 is 2.47 bits per heavy atom. The molecule has 0 amide bonds. The second-order valence-electron chi connectivity index (χ2n) is 4.42. The van der Waals surface area contributed by atoms with E-state index in [-0.39, 0.29) is 11.7 Å². The van der Waals surface area contributed by atoms with E-state index in [1.807, 2.05) is 42.3 Å². The molecule has 3 nitrogen and oxygen atoms in total. The van der Waals surface area contributed by atoms with E-state index in [2.05, 4.69) is 0 Å². The van der Waals surface area contributed by atoms with Crippen LogP contribution in [0.5, 0.6) is 0 Å². The lowest BCUT2D eigenvalue weighted by Gasteiger charge is -2.20. The van der Waals surface area contributed by atoms with Crippen LogP contribution in [0, 0.1) is 11.2 Å². The standard InChI is InChI=1S/C15H16FN3/c1-19(10-11-5-3-2-4-6-11)14-8-7-12(15(17)18)9-13(14)16/h2-9H,10H2,1H3,(H3,17,18). The van der Waals surface area contributed by atoms with Crippen LogP contribution >= 0.6 is 0 Å². The Bertz CT molecular complexity index is 581. The van der Waals surface area contributed by atoms with E-state index in [4.69, 9.17) is 11.1 Å². The van der Waals surface area contributed by atoms with E-state index in [9.17, 15) is 4.39 Å². The van der Waals surface area contributed by atoms with Gasteiger partial charge in [-0.15, -0.1) is 0 Å². The lowest BCUT2D eigenvalue weighted by Crippen LogP contribution is -2.18. The van der Waals surface area contributed by atoms with Gasteiger partial charge in [-0.3, -0.25) is 5.41 Å². The van der Waals surface area contributed by atoms with Crippen LogP contribution < -0.4 is 10.6 Å². The number of nitrogen functional groups attached to an aromatic ring is 1. The Kier molecular flexibility index (Phi) is 3.80. The van der Waals surface area contributed by atoms with Gasteiger partial charge in [0.1, 0.15) is 11.7 Å². The van der Waals surface area contributed by atoms with Gasteiger partial charge in [0.05, 0.1) is 5.69 Å². The first kappa shape index (κ1) is 13.1. The van der Waals surface area contributed by atoms with Gasteiger partial charge in [-0.1, -0.05) is 30.3 Å². The molecular formula is C15H16FN3. The number of hydrogen-bond acceptors (Lipinski definition) is 2. The molecular weight excluding hydrogens is 241 g/mol. The molecule has 0 aliphatic carbocycles. The second-order valence-corrected chi connectivity index (χ2v) is 4.42. The third kappa shape index (κ3) is 3.10. The molecule has 0 atom stereocenters. The number of amidine groups is 1. The van der Waals surface area contributed by atoms with E-state index < -0.39 is 0 Å². The maximum Gasteiger partial charge on any atom is 0.147 e. The molecule has 2 aromatic rings. The first-order valence-corrected chi connectivity index (χ1v) is 5.97. The number of hydrogen-bond donors (Lipinski definition) is 2. The molecule has 2 aromatic carbocycles. The number of nitrogens with one attached hydrogen (secondary N) is 1. The average Bonchev–Trinajstić information content (AvgIpc) is 2.39. The largest absolute Gasteiger partial charge is 0.384 e. The van der Waals surface area contributed by atoms with Crippen molar-refractivity contribution < 1.29 is 4.39 Å². The van der Waals surface area contributed by atoms with Crippen molar-refractivity contribution in [2.24, 2.45) is 5.73 Å². The van der Waals surface area contributed by atoms with Crippen molar-refractivity contribution in [3.8, 4) is 0 Å². The van der Waals surface area contributed by atoms with Gasteiger partial charge < -0.3 is 10.6 Å². The van der Waals surface area contributed by atoms with Crippen molar-refractivity contribution in [1.82, 2.24) is 0 Å². The van der Waals surface area contributed by atoms with Gasteiger partial charge in [-0.05, 0) is 23.8 Å². The van der Waals surface area contributed by atoms with Crippen molar-refractivity contribution in [1.29, 1.82) is 5.41 Å². The number of benzene rings is 2. The normalized spacial score (nSPS) is 10.2. The highest BCUT2D eigenvalue weighted by molar-refractivity contribution is 5.95. The summed E-state index contributed by atoms with van der Waals surface area (Å²) >= 11 is 0. The van der Waals surface area contributed by atoms with Crippen LogP contribution in [0.1, 0.15) is 11.1 Å². The Morgan fingerprint density at radius 2 is 1.89 bits per heavy atom. The molecule has 3 N–H and O–H groups in total. The zero-order valence-corrected chi connectivity index (χ0v) is 10.7. The van der Waals surface area contributed by atoms with Crippen molar-refractivity contribution in [2.75, 3.05) is 11.9 Å². The van der Waals surface area contributed by atoms with Crippen molar-refractivity contribution >= 4 is 11.5 Å². The van der Waals surface area contributed by atoms with Crippen molar-refractivity contribution in [2.45, 2.75) is 6.54 Å². The maximum absolute atomic E-state index is 14.0. The summed E-state index contributed by atoms with van der Waals surface area (Å²) in [7, 11) is 1.83. The SMILES string of the molecule is CN(Cc1ccccc1)c1ccc(C(=N)N)cc1F. The molecule has 0 fully saturated rings. The molecule has 4 heteroatoms. The number of halogens is 1. The first-order chi connectivity index (χ1) is 9.08. The summed E-state index contributed by atoms with van der Waals surface area (Å²) in [5.41, 5.74) is 7.34. The third-order valence-electron chi connectivity index (χ3n) is 2.93. The van der Waals surface area contributed by atoms with Gasteiger partial charge in [0, 0.05) is 19.2 Å². The topological polar surface area (TPSA) is 53.1 Å². The third-order valence-corrected chi connectivity index (χ3v) is 2.93. The minimum absolute atomic E-state index is 0.129. The average molecular weight is 257 g/mol. The highest BCUT2D eigenvalue weighted by Crippen LogP contribution is 2.21. The monoisotopic (exact) mass is 257 g/mol. The summed E-state index contributed by atoms with van der Waals surface area (Å²) in [5, 5.41) is 7.29. The smallest absolute Gasteiger partial charge is 0.147 e. The fourth-order valence-corrected chi connectivity index (χ4v) is 1.93. The summed E-state index contributed by atoms with van der Waals surface area (Å²) in [5.74, 6) is -0.498. The first-order valence-electron chi connectivity index (χ1n) is 5.97. The summed E-state index contributed by atoms with van der Waals surface area (Å²) in [6.07, 6.45) is 0. The Labute approximate surface area is 112 Å². The van der Waals surface area contributed by atoms with Gasteiger partial charge >= 0.3 is 0 Å². The Morgan fingerprint density at radius 1 is 1.21 bits per heavy atom. The highest BCUT2D eigenvalue weighted by Gasteiger charge is 2.09. The minimum atomic E-state index is -0.369. The van der Waals surface area contributed by atoms with Gasteiger partial charge in [0.15, 0.2) is 0 Å². The van der Waals surface area contributed by atoms with Crippen LogP contribution in [-0.4, -0.2) is 12.9 Å². The van der Waals surface area contributed by atoms with Gasteiger partial charge in [-0.25, -0.2) is 4.39 Å². The second kappa shape index (κ2) is 5.52. The molecule has 0 unspecified atom stereocenters. The number of nitrogens with two attached hydrogens (primary N) is 1. The molecule has 0 aromatic heterocycles. The zero-order chi connectivity index (χ0) is 13.8. The number of anilines is 1. The summed E-state index contributed by atoms with van der Waals surface area (Å²) in [6.45, 7) is 0.622. The van der Waals surface area contributed by atoms with Crippen LogP contribution in [0.15, 0.2) is 48.5 Å². The molecule has 19 heavy (non-hydrogen) atoms. The van der Waals surface area contributed by atoms with E-state index >= 15 is 0 Å². The van der Waals surface area contributed by atoms with Gasteiger partial charge in [-0.2, -0.15) is 0 Å². The predicted octanol–water partition coefficient (Wildman–Crippen LogP) is 2.75. The van der Waals surface area contributed by atoms with Crippen LogP contribution in [-0.2, 0) is 6.54 Å². The van der Waals surface area contributed by atoms with E-state index in [0.717, 1.165) is 5.56 Å². The van der Waals surface area contributed by atoms with E-state index in [1.54, 1.807) is 12.1 Å². The molecule has 0 radical (unpaired) electrons. The lowest BCUT2D eigenvalue weighted by atomic mass is 10.1. The molecule has 0 spiro atoms. The Hall–Kier alpha value is -2.36. The van der Waals surface area contributed by atoms with Crippen LogP contribution in [0.4, 0.5) is 10.1 Å². The van der Waals surface area contributed by atoms with E-state index in [0.29, 0.717) is 17.8 Å². The summed E-state index contributed by atoms with van der Waals surface area (Å²) in [6, 6.07) is 14.5. The molecule has 0 aliphatic heterocycles. The lowest BCUT2D eigenvalue weighted by molar-refractivity contribution is 0.622. The molecule has 0 saturated carbocycles. The predicted molar refractivity (Wildman–Crippen MR) is 76.0 cm³/mol.